The summed E-state index contributed by atoms with van der Waals surface area (Å²) in [5.41, 5.74) is 4.48. The molecule has 2 rings (SSSR count). The van der Waals surface area contributed by atoms with Gasteiger partial charge in [0.05, 0.1) is 0 Å². The summed E-state index contributed by atoms with van der Waals surface area (Å²) in [7, 11) is 0. The van der Waals surface area contributed by atoms with Crippen molar-refractivity contribution < 1.29 is 0 Å². The molecule has 0 heterocycles. The molecule has 0 saturated heterocycles. The van der Waals surface area contributed by atoms with Crippen LogP contribution in [0.1, 0.15) is 56.3 Å². The topological polar surface area (TPSA) is 12.0 Å². The van der Waals surface area contributed by atoms with Crippen LogP contribution in [0.4, 0.5) is 0 Å². The Hall–Kier alpha value is -0.820. The lowest BCUT2D eigenvalue weighted by molar-refractivity contribution is 0.344. The fourth-order valence-electron chi connectivity index (χ4n) is 2.93. The Morgan fingerprint density at radius 2 is 2.12 bits per heavy atom. The number of aryl methyl sites for hydroxylation is 2. The molecule has 0 aliphatic heterocycles. The van der Waals surface area contributed by atoms with Crippen molar-refractivity contribution in [2.24, 2.45) is 5.92 Å². The van der Waals surface area contributed by atoms with Crippen LogP contribution in [0.25, 0.3) is 0 Å². The van der Waals surface area contributed by atoms with Crippen molar-refractivity contribution in [3.05, 3.63) is 34.9 Å². The predicted molar refractivity (Wildman–Crippen MR) is 74.3 cm³/mol. The van der Waals surface area contributed by atoms with Gasteiger partial charge in [0.1, 0.15) is 0 Å². The van der Waals surface area contributed by atoms with Crippen molar-refractivity contribution in [3.63, 3.8) is 0 Å². The monoisotopic (exact) mass is 231 g/mol. The number of fused-ring (bicyclic) bond motifs is 1. The van der Waals surface area contributed by atoms with E-state index in [1.165, 1.54) is 24.8 Å². The summed E-state index contributed by atoms with van der Waals surface area (Å²) in [6.45, 7) is 9.10. The summed E-state index contributed by atoms with van der Waals surface area (Å²) >= 11 is 0. The van der Waals surface area contributed by atoms with Gasteiger partial charge in [0.2, 0.25) is 0 Å². The van der Waals surface area contributed by atoms with Crippen molar-refractivity contribution in [2.75, 3.05) is 0 Å². The summed E-state index contributed by atoms with van der Waals surface area (Å²) < 4.78 is 0. The maximum absolute atomic E-state index is 3.85. The molecule has 0 spiro atoms. The highest BCUT2D eigenvalue weighted by atomic mass is 15.0. The van der Waals surface area contributed by atoms with E-state index < -0.39 is 0 Å². The first kappa shape index (κ1) is 12.6. The average molecular weight is 231 g/mol. The second-order valence-electron chi connectivity index (χ2n) is 5.72. The van der Waals surface area contributed by atoms with Gasteiger partial charge in [0.25, 0.3) is 0 Å². The van der Waals surface area contributed by atoms with Crippen molar-refractivity contribution >= 4 is 0 Å². The lowest BCUT2D eigenvalue weighted by Crippen LogP contribution is -2.35. The molecule has 1 aliphatic rings. The molecule has 0 amide bonds. The van der Waals surface area contributed by atoms with Crippen LogP contribution in [0, 0.1) is 12.8 Å². The zero-order chi connectivity index (χ0) is 12.4. The first-order valence-corrected chi connectivity index (χ1v) is 6.97. The average Bonchev–Trinajstić information content (AvgIpc) is 2.68. The molecule has 2 unspecified atom stereocenters. The highest BCUT2D eigenvalue weighted by Crippen LogP contribution is 2.32. The molecule has 1 heteroatoms. The molecule has 1 aromatic carbocycles. The number of hydrogen-bond donors (Lipinski definition) is 1. The standard InChI is InChI=1S/C16H25N/c1-5-15(11(2)3)17-16-9-8-13-7-6-12(4)10-14(13)16/h6-7,10-11,15-17H,5,8-9H2,1-4H3. The zero-order valence-electron chi connectivity index (χ0n) is 11.6. The van der Waals surface area contributed by atoms with Crippen LogP contribution in [0.3, 0.4) is 0 Å². The van der Waals surface area contributed by atoms with Crippen LogP contribution in [0.15, 0.2) is 18.2 Å². The molecule has 1 N–H and O–H groups in total. The highest BCUT2D eigenvalue weighted by molar-refractivity contribution is 5.37. The van der Waals surface area contributed by atoms with Crippen LogP contribution in [0.2, 0.25) is 0 Å². The Morgan fingerprint density at radius 1 is 1.35 bits per heavy atom. The molecule has 1 aliphatic carbocycles. The van der Waals surface area contributed by atoms with Crippen LogP contribution in [0.5, 0.6) is 0 Å². The van der Waals surface area contributed by atoms with Gasteiger partial charge < -0.3 is 5.32 Å². The third-order valence-electron chi connectivity index (χ3n) is 4.04. The number of benzene rings is 1. The molecule has 2 atom stereocenters. The maximum Gasteiger partial charge on any atom is 0.0328 e. The molecule has 1 aromatic rings. The predicted octanol–water partition coefficient (Wildman–Crippen LogP) is 4.01. The summed E-state index contributed by atoms with van der Waals surface area (Å²) in [5, 5.41) is 3.85. The normalized spacial score (nSPS) is 20.6. The van der Waals surface area contributed by atoms with Crippen LogP contribution in [-0.2, 0) is 6.42 Å². The van der Waals surface area contributed by atoms with E-state index in [9.17, 15) is 0 Å². The Bertz CT molecular complexity index is 381. The Balaban J connectivity index is 2.13. The van der Waals surface area contributed by atoms with Gasteiger partial charge in [-0.05, 0) is 43.2 Å². The summed E-state index contributed by atoms with van der Waals surface area (Å²) in [4.78, 5) is 0. The quantitative estimate of drug-likeness (QED) is 0.825. The van der Waals surface area contributed by atoms with E-state index in [0.29, 0.717) is 18.0 Å². The summed E-state index contributed by atoms with van der Waals surface area (Å²) in [6.07, 6.45) is 3.72. The fraction of sp³-hybridized carbons (Fsp3) is 0.625. The van der Waals surface area contributed by atoms with Crippen LogP contribution < -0.4 is 5.32 Å². The van der Waals surface area contributed by atoms with Crippen molar-refractivity contribution in [1.82, 2.24) is 5.32 Å². The Morgan fingerprint density at radius 3 is 2.76 bits per heavy atom. The van der Waals surface area contributed by atoms with Crippen LogP contribution in [-0.4, -0.2) is 6.04 Å². The van der Waals surface area contributed by atoms with Gasteiger partial charge in [-0.1, -0.05) is 44.5 Å². The van der Waals surface area contributed by atoms with Gasteiger partial charge in [-0.2, -0.15) is 0 Å². The van der Waals surface area contributed by atoms with E-state index in [2.05, 4.69) is 51.2 Å². The third kappa shape index (κ3) is 2.71. The fourth-order valence-corrected chi connectivity index (χ4v) is 2.93. The molecule has 0 fully saturated rings. The minimum Gasteiger partial charge on any atom is -0.307 e. The molecule has 94 valence electrons. The first-order chi connectivity index (χ1) is 8.11. The molecule has 1 nitrogen and oxygen atoms in total. The van der Waals surface area contributed by atoms with Crippen LogP contribution >= 0.6 is 0 Å². The number of rotatable bonds is 4. The minimum atomic E-state index is 0.581. The molecule has 0 radical (unpaired) electrons. The van der Waals surface area contributed by atoms with Crippen molar-refractivity contribution in [1.29, 1.82) is 0 Å². The summed E-state index contributed by atoms with van der Waals surface area (Å²) in [6, 6.07) is 8.14. The molecular weight excluding hydrogens is 206 g/mol. The second-order valence-corrected chi connectivity index (χ2v) is 5.72. The Labute approximate surface area is 106 Å². The molecular formula is C16H25N. The van der Waals surface area contributed by atoms with E-state index in [-0.39, 0.29) is 0 Å². The second kappa shape index (κ2) is 5.22. The Kier molecular flexibility index (Phi) is 3.88. The van der Waals surface area contributed by atoms with E-state index >= 15 is 0 Å². The van der Waals surface area contributed by atoms with E-state index in [0.717, 1.165) is 0 Å². The van der Waals surface area contributed by atoms with Gasteiger partial charge in [0.15, 0.2) is 0 Å². The van der Waals surface area contributed by atoms with Gasteiger partial charge in [-0.25, -0.2) is 0 Å². The first-order valence-electron chi connectivity index (χ1n) is 6.97. The maximum atomic E-state index is 3.85. The smallest absolute Gasteiger partial charge is 0.0328 e. The van der Waals surface area contributed by atoms with E-state index in [1.807, 2.05) is 0 Å². The van der Waals surface area contributed by atoms with E-state index in [1.54, 1.807) is 11.1 Å². The zero-order valence-corrected chi connectivity index (χ0v) is 11.6. The van der Waals surface area contributed by atoms with E-state index in [4.69, 9.17) is 0 Å². The SMILES string of the molecule is CCC(NC1CCc2ccc(C)cc21)C(C)C. The van der Waals surface area contributed by atoms with Gasteiger partial charge >= 0.3 is 0 Å². The molecule has 0 aromatic heterocycles. The molecule has 17 heavy (non-hydrogen) atoms. The highest BCUT2D eigenvalue weighted by Gasteiger charge is 2.25. The van der Waals surface area contributed by atoms with Gasteiger partial charge in [-0.3, -0.25) is 0 Å². The lowest BCUT2D eigenvalue weighted by atomic mass is 9.98. The van der Waals surface area contributed by atoms with Gasteiger partial charge in [0, 0.05) is 12.1 Å². The van der Waals surface area contributed by atoms with Crippen molar-refractivity contribution in [3.8, 4) is 0 Å². The number of hydrogen-bond acceptors (Lipinski definition) is 1. The summed E-state index contributed by atoms with van der Waals surface area (Å²) in [5.74, 6) is 0.717. The minimum absolute atomic E-state index is 0.581. The third-order valence-corrected chi connectivity index (χ3v) is 4.04. The van der Waals surface area contributed by atoms with Crippen molar-refractivity contribution in [2.45, 2.75) is 59.0 Å². The largest absolute Gasteiger partial charge is 0.307 e. The lowest BCUT2D eigenvalue weighted by Gasteiger charge is -2.26. The molecule has 0 saturated carbocycles. The van der Waals surface area contributed by atoms with Gasteiger partial charge in [-0.15, -0.1) is 0 Å². The molecule has 0 bridgehead atoms. The number of nitrogens with one attached hydrogen (secondary N) is 1.